The van der Waals surface area contributed by atoms with E-state index in [1.54, 1.807) is 19.2 Å². The molecular weight excluding hydrogens is 443 g/mol. The maximum Gasteiger partial charge on any atom is 0.223 e. The molecule has 0 saturated carbocycles. The lowest BCUT2D eigenvalue weighted by molar-refractivity contribution is -0.129. The molecule has 0 aromatic heterocycles. The van der Waals surface area contributed by atoms with Crippen molar-refractivity contribution >= 4 is 5.91 Å². The highest BCUT2D eigenvalue weighted by molar-refractivity contribution is 5.79. The molecule has 182 valence electrons. The lowest BCUT2D eigenvalue weighted by Gasteiger charge is -2.40. The molecule has 3 aromatic carbocycles. The third kappa shape index (κ3) is 4.93. The number of methoxy groups -OCH3 is 1. The Kier molecular flexibility index (Phi) is 6.81. The second-order valence-corrected chi connectivity index (χ2v) is 9.38. The van der Waals surface area contributed by atoms with Gasteiger partial charge in [0.2, 0.25) is 5.91 Å². The molecule has 2 aliphatic heterocycles. The zero-order valence-corrected chi connectivity index (χ0v) is 19.9. The summed E-state index contributed by atoms with van der Waals surface area (Å²) in [4.78, 5) is 13.6. The largest absolute Gasteiger partial charge is 0.496 e. The summed E-state index contributed by atoms with van der Waals surface area (Å²) in [5.74, 6) is 0.246. The number of piperidine rings is 1. The van der Waals surface area contributed by atoms with Crippen molar-refractivity contribution in [1.82, 2.24) is 21.5 Å². The molecule has 4 N–H and O–H groups in total. The molecule has 7 heteroatoms. The molecular formula is C28H31FN4O2. The third-order valence-electron chi connectivity index (χ3n) is 7.17. The number of para-hydroxylation sites is 1. The van der Waals surface area contributed by atoms with Crippen LogP contribution in [-0.4, -0.2) is 19.2 Å². The number of hydrogen-bond acceptors (Lipinski definition) is 5. The van der Waals surface area contributed by atoms with Crippen molar-refractivity contribution in [2.24, 2.45) is 11.8 Å². The van der Waals surface area contributed by atoms with Crippen LogP contribution in [0.15, 0.2) is 72.8 Å². The highest BCUT2D eigenvalue weighted by Gasteiger charge is 2.49. The van der Waals surface area contributed by atoms with Crippen molar-refractivity contribution in [1.29, 1.82) is 0 Å². The Bertz CT molecular complexity index is 1170. The molecule has 5 rings (SSSR count). The van der Waals surface area contributed by atoms with Crippen LogP contribution >= 0.6 is 0 Å². The first kappa shape index (κ1) is 23.5. The van der Waals surface area contributed by atoms with Crippen LogP contribution in [0.2, 0.25) is 0 Å². The van der Waals surface area contributed by atoms with E-state index in [0.29, 0.717) is 13.0 Å². The van der Waals surface area contributed by atoms with Gasteiger partial charge in [-0.3, -0.25) is 10.1 Å². The fraction of sp³-hybridized carbons (Fsp3) is 0.321. The van der Waals surface area contributed by atoms with Crippen molar-refractivity contribution in [3.63, 3.8) is 0 Å². The average Bonchev–Trinajstić information content (AvgIpc) is 3.32. The number of ether oxygens (including phenoxy) is 1. The molecule has 0 aliphatic carbocycles. The zero-order valence-electron chi connectivity index (χ0n) is 19.9. The highest BCUT2D eigenvalue weighted by atomic mass is 19.1. The number of nitrogens with one attached hydrogen (secondary N) is 4. The number of benzene rings is 3. The van der Waals surface area contributed by atoms with Gasteiger partial charge in [-0.15, -0.1) is 0 Å². The van der Waals surface area contributed by atoms with E-state index in [0.717, 1.165) is 22.4 Å². The van der Waals surface area contributed by atoms with Crippen LogP contribution < -0.4 is 26.2 Å². The summed E-state index contributed by atoms with van der Waals surface area (Å²) in [6.07, 6.45) is 0.522. The number of hydrazine groups is 1. The van der Waals surface area contributed by atoms with Gasteiger partial charge >= 0.3 is 0 Å². The van der Waals surface area contributed by atoms with Gasteiger partial charge in [0.1, 0.15) is 11.6 Å². The SMILES string of the molecule is COc1ccccc1C1CC(C(=O)NCc2ccc(F)cc2)C2C(NNC2c2ccc(C)cc2)N1. The van der Waals surface area contributed by atoms with E-state index in [4.69, 9.17) is 4.74 Å². The lowest BCUT2D eigenvalue weighted by Crippen LogP contribution is -2.54. The van der Waals surface area contributed by atoms with Crippen molar-refractivity contribution in [3.05, 3.63) is 101 Å². The summed E-state index contributed by atoms with van der Waals surface area (Å²) in [7, 11) is 1.67. The van der Waals surface area contributed by atoms with Crippen molar-refractivity contribution in [3.8, 4) is 5.75 Å². The summed E-state index contributed by atoms with van der Waals surface area (Å²) in [6, 6.07) is 22.5. The van der Waals surface area contributed by atoms with Gasteiger partial charge in [-0.1, -0.05) is 60.2 Å². The van der Waals surface area contributed by atoms with E-state index in [1.165, 1.54) is 17.7 Å². The second kappa shape index (κ2) is 10.2. The smallest absolute Gasteiger partial charge is 0.223 e. The van der Waals surface area contributed by atoms with Crippen molar-refractivity contribution in [2.45, 2.75) is 38.1 Å². The first-order valence-electron chi connectivity index (χ1n) is 12.0. The van der Waals surface area contributed by atoms with Crippen molar-refractivity contribution < 1.29 is 13.9 Å². The summed E-state index contributed by atoms with van der Waals surface area (Å²) in [5.41, 5.74) is 11.1. The monoisotopic (exact) mass is 474 g/mol. The van der Waals surface area contributed by atoms with Crippen LogP contribution in [0.4, 0.5) is 4.39 Å². The highest BCUT2D eigenvalue weighted by Crippen LogP contribution is 2.43. The molecule has 0 radical (unpaired) electrons. The van der Waals surface area contributed by atoms with Crippen LogP contribution in [0.25, 0.3) is 0 Å². The first-order chi connectivity index (χ1) is 17.0. The van der Waals surface area contributed by atoms with Gasteiger partial charge in [-0.25, -0.2) is 15.2 Å². The molecule has 6 nitrogen and oxygen atoms in total. The maximum absolute atomic E-state index is 13.6. The summed E-state index contributed by atoms with van der Waals surface area (Å²) in [5, 5.41) is 6.81. The molecule has 1 amide bonds. The topological polar surface area (TPSA) is 74.4 Å². The lowest BCUT2D eigenvalue weighted by atomic mass is 9.74. The number of carbonyl (C=O) groups is 1. The standard InChI is InChI=1S/C28H31FN4O2/c1-17-7-11-19(12-8-17)26-25-22(28(34)30-16-18-9-13-20(29)14-10-18)15-23(31-27(25)33-32-26)21-5-3-4-6-24(21)35-2/h3-14,22-23,25-27,31-33H,15-16H2,1-2H3,(H,30,34). The number of halogens is 1. The van der Waals surface area contributed by atoms with Gasteiger partial charge < -0.3 is 10.1 Å². The molecule has 2 aliphatic rings. The van der Waals surface area contributed by atoms with E-state index in [2.05, 4.69) is 52.7 Å². The number of fused-ring (bicyclic) bond motifs is 1. The van der Waals surface area contributed by atoms with E-state index < -0.39 is 0 Å². The second-order valence-electron chi connectivity index (χ2n) is 9.38. The third-order valence-corrected chi connectivity index (χ3v) is 7.17. The van der Waals surface area contributed by atoms with Gasteiger partial charge in [-0.2, -0.15) is 0 Å². The van der Waals surface area contributed by atoms with Gasteiger partial charge in [0.05, 0.1) is 19.3 Å². The number of rotatable bonds is 6. The van der Waals surface area contributed by atoms with E-state index in [1.807, 2.05) is 24.3 Å². The van der Waals surface area contributed by atoms with Crippen LogP contribution in [0, 0.1) is 24.6 Å². The molecule has 0 spiro atoms. The minimum Gasteiger partial charge on any atom is -0.496 e. The molecule has 2 fully saturated rings. The molecule has 5 unspecified atom stereocenters. The Labute approximate surface area is 205 Å². The minimum atomic E-state index is -0.287. The molecule has 2 heterocycles. The van der Waals surface area contributed by atoms with E-state index in [9.17, 15) is 9.18 Å². The fourth-order valence-electron chi connectivity index (χ4n) is 5.33. The zero-order chi connectivity index (χ0) is 24.4. The first-order valence-corrected chi connectivity index (χ1v) is 12.0. The van der Waals surface area contributed by atoms with Crippen LogP contribution in [0.5, 0.6) is 5.75 Å². The van der Waals surface area contributed by atoms with Crippen molar-refractivity contribution in [2.75, 3.05) is 7.11 Å². The average molecular weight is 475 g/mol. The Balaban J connectivity index is 1.42. The minimum absolute atomic E-state index is 0.00289. The molecule has 2 saturated heterocycles. The Morgan fingerprint density at radius 2 is 1.77 bits per heavy atom. The summed E-state index contributed by atoms with van der Waals surface area (Å²) >= 11 is 0. The fourth-order valence-corrected chi connectivity index (χ4v) is 5.33. The molecule has 35 heavy (non-hydrogen) atoms. The number of carbonyl (C=O) groups excluding carboxylic acids is 1. The normalized spacial score (nSPS) is 25.6. The predicted molar refractivity (Wildman–Crippen MR) is 133 cm³/mol. The predicted octanol–water partition coefficient (Wildman–Crippen LogP) is 3.90. The molecule has 0 bridgehead atoms. The van der Waals surface area contributed by atoms with Gasteiger partial charge in [0.25, 0.3) is 0 Å². The molecule has 5 atom stereocenters. The number of aryl methyl sites for hydroxylation is 1. The van der Waals surface area contributed by atoms with Gasteiger partial charge in [0, 0.05) is 30.0 Å². The number of amides is 1. The van der Waals surface area contributed by atoms with Gasteiger partial charge in [0.15, 0.2) is 0 Å². The summed E-state index contributed by atoms with van der Waals surface area (Å²) < 4.78 is 18.9. The van der Waals surface area contributed by atoms with E-state index in [-0.39, 0.29) is 41.8 Å². The van der Waals surface area contributed by atoms with Crippen LogP contribution in [0.1, 0.15) is 40.8 Å². The van der Waals surface area contributed by atoms with Gasteiger partial charge in [-0.05, 0) is 42.7 Å². The number of hydrogen-bond donors (Lipinski definition) is 4. The Morgan fingerprint density at radius 1 is 1.03 bits per heavy atom. The Morgan fingerprint density at radius 3 is 2.51 bits per heavy atom. The quantitative estimate of drug-likeness (QED) is 0.436. The maximum atomic E-state index is 13.6. The van der Waals surface area contributed by atoms with Crippen LogP contribution in [0.3, 0.4) is 0 Å². The molecule has 3 aromatic rings. The van der Waals surface area contributed by atoms with E-state index >= 15 is 0 Å². The Hall–Kier alpha value is -3.26. The van der Waals surface area contributed by atoms with Crippen LogP contribution in [-0.2, 0) is 11.3 Å². The summed E-state index contributed by atoms with van der Waals surface area (Å²) in [6.45, 7) is 2.43.